The van der Waals surface area contributed by atoms with Crippen molar-refractivity contribution in [3.63, 3.8) is 0 Å². The largest absolute Gasteiger partial charge is 0.454 e. The Morgan fingerprint density at radius 1 is 1.10 bits per heavy atom. The Bertz CT molecular complexity index is 821. The highest BCUT2D eigenvalue weighted by Gasteiger charge is 2.23. The molecular weight excluding hydrogens is 394 g/mol. The summed E-state index contributed by atoms with van der Waals surface area (Å²) in [5.74, 6) is -1.06. The van der Waals surface area contributed by atoms with Gasteiger partial charge in [-0.2, -0.15) is 0 Å². The minimum Gasteiger partial charge on any atom is -0.454 e. The normalized spacial score (nSPS) is 16.3. The molecule has 2 aliphatic rings. The third kappa shape index (κ3) is 5.85. The molecule has 1 aromatic carbocycles. The zero-order valence-electron chi connectivity index (χ0n) is 16.7. The number of carbonyl (C=O) groups is 4. The first-order valence-electron chi connectivity index (χ1n) is 9.91. The Hall–Kier alpha value is -3.30. The Labute approximate surface area is 173 Å². The molecule has 3 rings (SSSR count). The number of urea groups is 1. The molecule has 10 nitrogen and oxygen atoms in total. The number of imide groups is 1. The average Bonchev–Trinajstić information content (AvgIpc) is 3.20. The van der Waals surface area contributed by atoms with Crippen LogP contribution in [-0.4, -0.2) is 49.3 Å². The van der Waals surface area contributed by atoms with E-state index in [4.69, 9.17) is 14.2 Å². The molecule has 3 N–H and O–H groups in total. The molecule has 0 saturated heterocycles. The van der Waals surface area contributed by atoms with Gasteiger partial charge in [-0.25, -0.2) is 4.79 Å². The number of fused-ring (bicyclic) bond motifs is 1. The van der Waals surface area contributed by atoms with Crippen molar-refractivity contribution in [1.82, 2.24) is 16.0 Å². The topological polar surface area (TPSA) is 132 Å². The Kier molecular flexibility index (Phi) is 7.10. The smallest absolute Gasteiger partial charge is 0.326 e. The molecule has 10 heteroatoms. The van der Waals surface area contributed by atoms with Crippen LogP contribution in [-0.2, 0) is 14.3 Å². The van der Waals surface area contributed by atoms with Gasteiger partial charge in [0, 0.05) is 11.6 Å². The monoisotopic (exact) mass is 419 g/mol. The number of carbonyl (C=O) groups excluding carboxylic acids is 4. The van der Waals surface area contributed by atoms with E-state index in [1.54, 1.807) is 6.07 Å². The third-order valence-electron chi connectivity index (χ3n) is 4.88. The number of esters is 1. The minimum absolute atomic E-state index is 0.0517. The Morgan fingerprint density at radius 3 is 2.60 bits per heavy atom. The molecule has 162 valence electrons. The second kappa shape index (κ2) is 9.95. The zero-order chi connectivity index (χ0) is 21.5. The quantitative estimate of drug-likeness (QED) is 0.591. The van der Waals surface area contributed by atoms with Gasteiger partial charge in [-0.1, -0.05) is 19.3 Å². The molecule has 0 spiro atoms. The van der Waals surface area contributed by atoms with Crippen molar-refractivity contribution in [1.29, 1.82) is 0 Å². The molecule has 1 saturated carbocycles. The summed E-state index contributed by atoms with van der Waals surface area (Å²) >= 11 is 0. The summed E-state index contributed by atoms with van der Waals surface area (Å²) in [5.41, 5.74) is 0.289. The van der Waals surface area contributed by atoms with Crippen molar-refractivity contribution in [3.8, 4) is 11.5 Å². The number of nitrogens with one attached hydrogen (secondary N) is 3. The van der Waals surface area contributed by atoms with E-state index in [-0.39, 0.29) is 18.4 Å². The van der Waals surface area contributed by atoms with Crippen LogP contribution in [0.2, 0.25) is 0 Å². The zero-order valence-corrected chi connectivity index (χ0v) is 16.7. The highest BCUT2D eigenvalue weighted by Crippen LogP contribution is 2.32. The third-order valence-corrected chi connectivity index (χ3v) is 4.88. The predicted molar refractivity (Wildman–Crippen MR) is 104 cm³/mol. The molecule has 1 heterocycles. The molecule has 0 radical (unpaired) electrons. The van der Waals surface area contributed by atoms with Crippen molar-refractivity contribution in [2.24, 2.45) is 0 Å². The van der Waals surface area contributed by atoms with Crippen LogP contribution in [0.1, 0.15) is 49.4 Å². The van der Waals surface area contributed by atoms with Crippen LogP contribution < -0.4 is 25.4 Å². The van der Waals surface area contributed by atoms with Gasteiger partial charge >= 0.3 is 12.0 Å². The summed E-state index contributed by atoms with van der Waals surface area (Å²) in [6, 6.07) is 4.08. The van der Waals surface area contributed by atoms with Crippen molar-refractivity contribution in [3.05, 3.63) is 23.8 Å². The summed E-state index contributed by atoms with van der Waals surface area (Å²) in [7, 11) is 0. The molecule has 1 aromatic rings. The van der Waals surface area contributed by atoms with Gasteiger partial charge in [0.1, 0.15) is 6.54 Å². The fourth-order valence-electron chi connectivity index (χ4n) is 3.27. The number of hydrogen-bond donors (Lipinski definition) is 3. The van der Waals surface area contributed by atoms with Crippen LogP contribution in [0, 0.1) is 0 Å². The van der Waals surface area contributed by atoms with E-state index in [0.717, 1.165) is 32.1 Å². The lowest BCUT2D eigenvalue weighted by Crippen LogP contribution is -2.48. The van der Waals surface area contributed by atoms with Crippen LogP contribution in [0.4, 0.5) is 4.79 Å². The fourth-order valence-corrected chi connectivity index (χ4v) is 3.27. The molecule has 1 fully saturated rings. The molecule has 0 unspecified atom stereocenters. The lowest BCUT2D eigenvalue weighted by atomic mass is 9.96. The van der Waals surface area contributed by atoms with Crippen LogP contribution in [0.15, 0.2) is 18.2 Å². The molecule has 30 heavy (non-hydrogen) atoms. The van der Waals surface area contributed by atoms with Crippen molar-refractivity contribution >= 4 is 23.8 Å². The first-order chi connectivity index (χ1) is 14.4. The number of hydrogen-bond acceptors (Lipinski definition) is 7. The van der Waals surface area contributed by atoms with E-state index in [1.165, 1.54) is 19.1 Å². The molecule has 0 bridgehead atoms. The number of amides is 4. The maximum Gasteiger partial charge on any atom is 0.326 e. The summed E-state index contributed by atoms with van der Waals surface area (Å²) in [4.78, 5) is 48.0. The first-order valence-corrected chi connectivity index (χ1v) is 9.91. The van der Waals surface area contributed by atoms with E-state index in [0.29, 0.717) is 11.5 Å². The van der Waals surface area contributed by atoms with Crippen molar-refractivity contribution < 1.29 is 33.4 Å². The number of benzene rings is 1. The fraction of sp³-hybridized carbons (Fsp3) is 0.500. The first kappa shape index (κ1) is 21.4. The van der Waals surface area contributed by atoms with Crippen LogP contribution in [0.3, 0.4) is 0 Å². The lowest BCUT2D eigenvalue weighted by molar-refractivity contribution is -0.153. The maximum atomic E-state index is 12.2. The predicted octanol–water partition coefficient (Wildman–Crippen LogP) is 1.24. The van der Waals surface area contributed by atoms with Gasteiger partial charge in [-0.05, 0) is 38.0 Å². The SMILES string of the molecule is C[C@@H](OC(=O)CNC(=O)c1ccc2c(c1)OCO2)C(=O)NC(=O)NC1CCCCC1. The molecule has 1 aliphatic carbocycles. The van der Waals surface area contributed by atoms with Crippen molar-refractivity contribution in [2.45, 2.75) is 51.2 Å². The van der Waals surface area contributed by atoms with E-state index in [2.05, 4.69) is 16.0 Å². The van der Waals surface area contributed by atoms with E-state index in [1.807, 2.05) is 0 Å². The van der Waals surface area contributed by atoms with Gasteiger partial charge in [0.25, 0.3) is 11.8 Å². The van der Waals surface area contributed by atoms with Crippen molar-refractivity contribution in [2.75, 3.05) is 13.3 Å². The van der Waals surface area contributed by atoms with Crippen LogP contribution in [0.5, 0.6) is 11.5 Å². The van der Waals surface area contributed by atoms with Crippen LogP contribution in [0.25, 0.3) is 0 Å². The summed E-state index contributed by atoms with van der Waals surface area (Å²) in [6.07, 6.45) is 3.83. The summed E-state index contributed by atoms with van der Waals surface area (Å²) < 4.78 is 15.3. The van der Waals surface area contributed by atoms with Gasteiger partial charge in [-0.15, -0.1) is 0 Å². The van der Waals surface area contributed by atoms with Gasteiger partial charge < -0.3 is 24.8 Å². The van der Waals surface area contributed by atoms with E-state index >= 15 is 0 Å². The van der Waals surface area contributed by atoms with E-state index < -0.39 is 36.5 Å². The summed E-state index contributed by atoms with van der Waals surface area (Å²) in [5, 5.41) is 7.32. The molecule has 4 amide bonds. The van der Waals surface area contributed by atoms with E-state index in [9.17, 15) is 19.2 Å². The Balaban J connectivity index is 1.38. The highest BCUT2D eigenvalue weighted by molar-refractivity contribution is 5.98. The molecule has 1 atom stereocenters. The molecule has 0 aromatic heterocycles. The number of rotatable bonds is 6. The van der Waals surface area contributed by atoms with Gasteiger partial charge in [0.05, 0.1) is 0 Å². The number of ether oxygens (including phenoxy) is 3. The second-order valence-electron chi connectivity index (χ2n) is 7.18. The molecule has 1 aliphatic heterocycles. The standard InChI is InChI=1S/C20H25N3O7/c1-12(18(25)23-20(27)22-14-5-3-2-4-6-14)30-17(24)10-21-19(26)13-7-8-15-16(9-13)29-11-28-15/h7-9,12,14H,2-6,10-11H2,1H3,(H,21,26)(H2,22,23,25,27)/t12-/m1/s1. The Morgan fingerprint density at radius 2 is 1.83 bits per heavy atom. The molecular formula is C20H25N3O7. The van der Waals surface area contributed by atoms with Gasteiger partial charge in [0.2, 0.25) is 6.79 Å². The average molecular weight is 419 g/mol. The lowest BCUT2D eigenvalue weighted by Gasteiger charge is -2.23. The van der Waals surface area contributed by atoms with Crippen LogP contribution >= 0.6 is 0 Å². The maximum absolute atomic E-state index is 12.2. The highest BCUT2D eigenvalue weighted by atomic mass is 16.7. The minimum atomic E-state index is -1.18. The van der Waals surface area contributed by atoms with Gasteiger partial charge in [-0.3, -0.25) is 19.7 Å². The van der Waals surface area contributed by atoms with Gasteiger partial charge in [0.15, 0.2) is 17.6 Å². The second-order valence-corrected chi connectivity index (χ2v) is 7.18. The summed E-state index contributed by atoms with van der Waals surface area (Å²) in [6.45, 7) is 1.01.